The van der Waals surface area contributed by atoms with Gasteiger partial charge in [-0.2, -0.15) is 0 Å². The molecule has 0 radical (unpaired) electrons. The summed E-state index contributed by atoms with van der Waals surface area (Å²) < 4.78 is 23.0. The van der Waals surface area contributed by atoms with Crippen LogP contribution >= 0.6 is 0 Å². The largest absolute Gasteiger partial charge is 0.423 e. The lowest BCUT2D eigenvalue weighted by atomic mass is 10.2. The van der Waals surface area contributed by atoms with Gasteiger partial charge in [0.15, 0.2) is 29.8 Å². The molecular weight excluding hydrogens is 406 g/mol. The van der Waals surface area contributed by atoms with Crippen molar-refractivity contribution >= 4 is 29.0 Å². The smallest absolute Gasteiger partial charge is 0.336 e. The van der Waals surface area contributed by atoms with E-state index in [1.807, 2.05) is 6.07 Å². The van der Waals surface area contributed by atoms with Gasteiger partial charge in [0.05, 0.1) is 6.33 Å². The first-order valence-corrected chi connectivity index (χ1v) is 9.36. The van der Waals surface area contributed by atoms with Crippen LogP contribution in [-0.2, 0) is 19.0 Å². The molecule has 1 saturated heterocycles. The fourth-order valence-corrected chi connectivity index (χ4v) is 3.29. The predicted octanol–water partition coefficient (Wildman–Crippen LogP) is 0.904. The Morgan fingerprint density at radius 3 is 2.68 bits per heavy atom. The van der Waals surface area contributed by atoms with E-state index < -0.39 is 30.7 Å². The van der Waals surface area contributed by atoms with E-state index in [9.17, 15) is 9.90 Å². The van der Waals surface area contributed by atoms with Crippen molar-refractivity contribution in [2.45, 2.75) is 24.7 Å². The number of imidazole rings is 1. The van der Waals surface area contributed by atoms with Crippen molar-refractivity contribution in [1.29, 1.82) is 0 Å². The summed E-state index contributed by atoms with van der Waals surface area (Å²) in [5.41, 5.74) is 6.66. The number of aliphatic hydroxyl groups excluding tert-OH is 1. The summed E-state index contributed by atoms with van der Waals surface area (Å²) in [5.74, 6) is 0.0935. The molecule has 11 heteroatoms. The van der Waals surface area contributed by atoms with Gasteiger partial charge in [-0.05, 0) is 18.2 Å². The lowest BCUT2D eigenvalue weighted by Crippen LogP contribution is -2.34. The standard InChI is InChI=1S/C20H21N5O6/c1-28-16-15(27)19(31-20(16)29-2)25-10-22-14-17(21)23-12(24-18(14)25)8-9-13(26)30-11-6-4-3-5-7-11/h3-10,15-16,19-20,27H,1-2H3,(H2,21,23,24)/b9-8+/t15-,16?,19+,20-/m0/s1. The first-order valence-electron chi connectivity index (χ1n) is 9.36. The number of carbonyl (C=O) groups is 1. The molecule has 11 nitrogen and oxygen atoms in total. The second kappa shape index (κ2) is 8.78. The molecule has 3 aromatic rings. The van der Waals surface area contributed by atoms with Crippen LogP contribution in [0.25, 0.3) is 17.2 Å². The maximum atomic E-state index is 12.0. The number of hydrogen-bond acceptors (Lipinski definition) is 10. The van der Waals surface area contributed by atoms with Gasteiger partial charge in [0.1, 0.15) is 23.5 Å². The van der Waals surface area contributed by atoms with Crippen molar-refractivity contribution < 1.29 is 28.8 Å². The Balaban J connectivity index is 1.60. The third-order valence-corrected chi connectivity index (χ3v) is 4.75. The normalized spacial score (nSPS) is 23.6. The molecule has 0 bridgehead atoms. The number of fused-ring (bicyclic) bond motifs is 1. The van der Waals surface area contributed by atoms with E-state index in [-0.39, 0.29) is 11.6 Å². The van der Waals surface area contributed by atoms with Crippen LogP contribution < -0.4 is 10.5 Å². The number of carbonyl (C=O) groups excluding carboxylic acids is 1. The number of anilines is 1. The molecule has 0 spiro atoms. The summed E-state index contributed by atoms with van der Waals surface area (Å²) in [6.07, 6.45) is 0.632. The average Bonchev–Trinajstić information content (AvgIpc) is 3.33. The summed E-state index contributed by atoms with van der Waals surface area (Å²) in [6.45, 7) is 0. The van der Waals surface area contributed by atoms with Gasteiger partial charge in [-0.3, -0.25) is 4.57 Å². The molecule has 0 amide bonds. The van der Waals surface area contributed by atoms with Gasteiger partial charge in [-0.25, -0.2) is 19.7 Å². The van der Waals surface area contributed by atoms with E-state index in [1.54, 1.807) is 24.3 Å². The van der Waals surface area contributed by atoms with Crippen LogP contribution in [-0.4, -0.2) is 63.3 Å². The SMILES string of the molecule is COC1[C@@H](OC)O[C@@H](n2cnc3c(N)nc(/C=C/C(=O)Oc4ccccc4)nc32)[C@H]1O. The number of rotatable bonds is 6. The Hall–Kier alpha value is -3.38. The molecule has 4 rings (SSSR count). The van der Waals surface area contributed by atoms with E-state index in [4.69, 9.17) is 24.7 Å². The molecule has 4 atom stereocenters. The van der Waals surface area contributed by atoms with Crippen LogP contribution in [0.2, 0.25) is 0 Å². The summed E-state index contributed by atoms with van der Waals surface area (Å²) in [4.78, 5) is 24.8. The van der Waals surface area contributed by atoms with Crippen LogP contribution in [0, 0.1) is 0 Å². The third-order valence-electron chi connectivity index (χ3n) is 4.75. The molecule has 31 heavy (non-hydrogen) atoms. The summed E-state index contributed by atoms with van der Waals surface area (Å²) in [7, 11) is 2.91. The molecule has 0 aliphatic carbocycles. The van der Waals surface area contributed by atoms with Crippen molar-refractivity contribution in [1.82, 2.24) is 19.5 Å². The first-order chi connectivity index (χ1) is 15.0. The summed E-state index contributed by atoms with van der Waals surface area (Å²) in [5, 5.41) is 10.6. The molecule has 1 aliphatic heterocycles. The Bertz CT molecular complexity index is 1100. The van der Waals surface area contributed by atoms with Gasteiger partial charge in [-0.15, -0.1) is 0 Å². The van der Waals surface area contributed by atoms with E-state index >= 15 is 0 Å². The number of nitrogens with two attached hydrogens (primary N) is 1. The van der Waals surface area contributed by atoms with Gasteiger partial charge < -0.3 is 29.8 Å². The molecule has 3 heterocycles. The fraction of sp³-hybridized carbons (Fsp3) is 0.300. The predicted molar refractivity (Wildman–Crippen MR) is 109 cm³/mol. The monoisotopic (exact) mass is 427 g/mol. The highest BCUT2D eigenvalue weighted by molar-refractivity contribution is 5.89. The lowest BCUT2D eigenvalue weighted by molar-refractivity contribution is -0.165. The van der Waals surface area contributed by atoms with Crippen molar-refractivity contribution in [3.8, 4) is 5.75 Å². The molecule has 1 fully saturated rings. The number of ether oxygens (including phenoxy) is 4. The minimum Gasteiger partial charge on any atom is -0.423 e. The summed E-state index contributed by atoms with van der Waals surface area (Å²) >= 11 is 0. The van der Waals surface area contributed by atoms with E-state index in [0.717, 1.165) is 0 Å². The number of esters is 1. The van der Waals surface area contributed by atoms with Gasteiger partial charge in [0, 0.05) is 20.3 Å². The number of hydrogen-bond donors (Lipinski definition) is 2. The topological polar surface area (TPSA) is 144 Å². The number of aliphatic hydroxyl groups is 1. The van der Waals surface area contributed by atoms with Gasteiger partial charge in [-0.1, -0.05) is 18.2 Å². The zero-order chi connectivity index (χ0) is 22.0. The Labute approximate surface area is 177 Å². The van der Waals surface area contributed by atoms with E-state index in [2.05, 4.69) is 15.0 Å². The number of nitrogen functional groups attached to an aromatic ring is 1. The molecule has 2 aromatic heterocycles. The van der Waals surface area contributed by atoms with Crippen LogP contribution in [0.1, 0.15) is 12.1 Å². The van der Waals surface area contributed by atoms with Gasteiger partial charge in [0.2, 0.25) is 0 Å². The van der Waals surface area contributed by atoms with E-state index in [0.29, 0.717) is 16.9 Å². The van der Waals surface area contributed by atoms with Crippen molar-refractivity contribution in [2.24, 2.45) is 0 Å². The molecule has 1 aromatic carbocycles. The van der Waals surface area contributed by atoms with Crippen molar-refractivity contribution in [3.63, 3.8) is 0 Å². The zero-order valence-electron chi connectivity index (χ0n) is 16.8. The van der Waals surface area contributed by atoms with Crippen LogP contribution in [0.5, 0.6) is 5.75 Å². The second-order valence-electron chi connectivity index (χ2n) is 6.68. The van der Waals surface area contributed by atoms with Crippen LogP contribution in [0.4, 0.5) is 5.82 Å². The Kier molecular flexibility index (Phi) is 5.91. The number of benzene rings is 1. The first kappa shape index (κ1) is 20.9. The number of nitrogens with zero attached hydrogens (tertiary/aromatic N) is 4. The molecule has 1 unspecified atom stereocenters. The Morgan fingerprint density at radius 1 is 1.23 bits per heavy atom. The molecule has 0 saturated carbocycles. The highest BCUT2D eigenvalue weighted by atomic mass is 16.7. The average molecular weight is 427 g/mol. The quantitative estimate of drug-likeness (QED) is 0.331. The fourth-order valence-electron chi connectivity index (χ4n) is 3.29. The van der Waals surface area contributed by atoms with Crippen molar-refractivity contribution in [3.05, 3.63) is 48.6 Å². The van der Waals surface area contributed by atoms with Crippen molar-refractivity contribution in [2.75, 3.05) is 20.0 Å². The van der Waals surface area contributed by atoms with Gasteiger partial charge in [0.25, 0.3) is 0 Å². The van der Waals surface area contributed by atoms with E-state index in [1.165, 1.54) is 37.3 Å². The summed E-state index contributed by atoms with van der Waals surface area (Å²) in [6, 6.07) is 8.66. The number of aromatic nitrogens is 4. The second-order valence-corrected chi connectivity index (χ2v) is 6.68. The Morgan fingerprint density at radius 2 is 2.00 bits per heavy atom. The number of methoxy groups -OCH3 is 2. The van der Waals surface area contributed by atoms with Crippen LogP contribution in [0.15, 0.2) is 42.7 Å². The van der Waals surface area contributed by atoms with Gasteiger partial charge >= 0.3 is 5.97 Å². The molecule has 162 valence electrons. The minimum atomic E-state index is -1.04. The highest BCUT2D eigenvalue weighted by Crippen LogP contribution is 2.33. The lowest BCUT2D eigenvalue weighted by Gasteiger charge is -2.17. The van der Waals surface area contributed by atoms with Crippen LogP contribution in [0.3, 0.4) is 0 Å². The molecule has 3 N–H and O–H groups in total. The maximum Gasteiger partial charge on any atom is 0.336 e. The maximum absolute atomic E-state index is 12.0. The zero-order valence-corrected chi connectivity index (χ0v) is 16.8. The minimum absolute atomic E-state index is 0.110. The highest BCUT2D eigenvalue weighted by Gasteiger charge is 2.46. The third kappa shape index (κ3) is 4.11. The number of para-hydroxylation sites is 1. The molecular formula is C20H21N5O6. The molecule has 1 aliphatic rings.